The lowest BCUT2D eigenvalue weighted by Crippen LogP contribution is -2.45. The van der Waals surface area contributed by atoms with E-state index in [1.54, 1.807) is 21.9 Å². The third-order valence-corrected chi connectivity index (χ3v) is 4.81. The zero-order valence-electron chi connectivity index (χ0n) is 14.6. The lowest BCUT2D eigenvalue weighted by atomic mass is 10.1. The molecule has 2 N–H and O–H groups in total. The molecule has 0 saturated carbocycles. The summed E-state index contributed by atoms with van der Waals surface area (Å²) in [5.41, 5.74) is 0.659. The Morgan fingerprint density at radius 2 is 1.92 bits per heavy atom. The summed E-state index contributed by atoms with van der Waals surface area (Å²) in [5, 5.41) is 12.6. The van der Waals surface area contributed by atoms with E-state index in [4.69, 9.17) is 0 Å². The van der Waals surface area contributed by atoms with Crippen LogP contribution in [0, 0.1) is 5.82 Å². The van der Waals surface area contributed by atoms with Gasteiger partial charge < -0.3 is 20.2 Å². The van der Waals surface area contributed by atoms with Crippen molar-refractivity contribution in [3.63, 3.8) is 0 Å². The fraction of sp³-hybridized carbons (Fsp3) is 0.556. The van der Waals surface area contributed by atoms with E-state index in [1.165, 1.54) is 12.1 Å². The van der Waals surface area contributed by atoms with Gasteiger partial charge in [-0.25, -0.2) is 4.39 Å². The number of hydrogen-bond donors (Lipinski definition) is 2. The lowest BCUT2D eigenvalue weighted by molar-refractivity contribution is -0.134. The van der Waals surface area contributed by atoms with E-state index in [0.717, 1.165) is 6.42 Å². The quantitative estimate of drug-likeness (QED) is 0.798. The van der Waals surface area contributed by atoms with Crippen molar-refractivity contribution < 1.29 is 19.1 Å². The van der Waals surface area contributed by atoms with Crippen molar-refractivity contribution in [1.29, 1.82) is 0 Å². The molecule has 6 nitrogen and oxygen atoms in total. The molecule has 2 unspecified atom stereocenters. The number of benzene rings is 1. The molecule has 2 aliphatic rings. The van der Waals surface area contributed by atoms with E-state index in [2.05, 4.69) is 5.32 Å². The van der Waals surface area contributed by atoms with E-state index in [0.29, 0.717) is 44.7 Å². The zero-order valence-corrected chi connectivity index (χ0v) is 15.4. The van der Waals surface area contributed by atoms with E-state index < -0.39 is 6.10 Å². The molecule has 0 spiro atoms. The summed E-state index contributed by atoms with van der Waals surface area (Å²) in [6, 6.07) is 5.75. The van der Waals surface area contributed by atoms with Crippen LogP contribution in [0.2, 0.25) is 0 Å². The van der Waals surface area contributed by atoms with Gasteiger partial charge in [-0.1, -0.05) is 12.1 Å². The molecule has 2 atom stereocenters. The topological polar surface area (TPSA) is 72.9 Å². The van der Waals surface area contributed by atoms with Gasteiger partial charge in [-0.15, -0.1) is 12.4 Å². The van der Waals surface area contributed by atoms with Crippen LogP contribution in [-0.2, 0) is 16.0 Å². The maximum Gasteiger partial charge on any atom is 0.239 e. The Morgan fingerprint density at radius 3 is 2.62 bits per heavy atom. The Morgan fingerprint density at radius 1 is 1.19 bits per heavy atom. The molecule has 0 aromatic heterocycles. The summed E-state index contributed by atoms with van der Waals surface area (Å²) in [4.78, 5) is 28.5. The standard InChI is InChI=1S/C18H24FN3O3.ClH/c19-14-4-1-3-13(9-14)10-17(24)21-5-2-6-22(8-7-21)18(25)16-11-15(23)12-20-16;/h1,3-4,9,15-16,20,23H,2,5-8,10-12H2;1H. The molecule has 0 bridgehead atoms. The number of hydrogen-bond acceptors (Lipinski definition) is 4. The van der Waals surface area contributed by atoms with Crippen molar-refractivity contribution in [3.8, 4) is 0 Å². The summed E-state index contributed by atoms with van der Waals surface area (Å²) >= 11 is 0. The van der Waals surface area contributed by atoms with Crippen LogP contribution >= 0.6 is 12.4 Å². The molecule has 2 amide bonds. The molecule has 0 radical (unpaired) electrons. The zero-order chi connectivity index (χ0) is 17.8. The lowest BCUT2D eigenvalue weighted by Gasteiger charge is -2.24. The predicted molar refractivity (Wildman–Crippen MR) is 97.5 cm³/mol. The number of amides is 2. The maximum absolute atomic E-state index is 13.2. The second kappa shape index (κ2) is 9.30. The van der Waals surface area contributed by atoms with Crippen LogP contribution in [0.5, 0.6) is 0 Å². The third kappa shape index (κ3) is 5.16. The van der Waals surface area contributed by atoms with Gasteiger partial charge in [-0.3, -0.25) is 9.59 Å². The molecule has 0 aliphatic carbocycles. The number of nitrogens with zero attached hydrogens (tertiary/aromatic N) is 2. The summed E-state index contributed by atoms with van der Waals surface area (Å²) < 4.78 is 13.2. The van der Waals surface area contributed by atoms with Crippen molar-refractivity contribution >= 4 is 24.2 Å². The number of β-amino-alcohol motifs (C(OH)–C–C–N with tert-alkyl or cyclic N) is 1. The van der Waals surface area contributed by atoms with Crippen molar-refractivity contribution in [1.82, 2.24) is 15.1 Å². The van der Waals surface area contributed by atoms with Gasteiger partial charge in [0.25, 0.3) is 0 Å². The molecular formula is C18H25ClFN3O3. The Balaban J connectivity index is 0.00000243. The van der Waals surface area contributed by atoms with Gasteiger partial charge in [0.05, 0.1) is 18.6 Å². The number of halogens is 2. The van der Waals surface area contributed by atoms with Crippen molar-refractivity contribution in [2.75, 3.05) is 32.7 Å². The number of carbonyl (C=O) groups is 2. The smallest absolute Gasteiger partial charge is 0.239 e. The SMILES string of the molecule is Cl.O=C(Cc1cccc(F)c1)N1CCCN(C(=O)C2CC(O)CN2)CC1. The van der Waals surface area contributed by atoms with Crippen LogP contribution in [0.15, 0.2) is 24.3 Å². The van der Waals surface area contributed by atoms with Crippen LogP contribution in [-0.4, -0.2) is 71.6 Å². The number of nitrogens with one attached hydrogen (secondary N) is 1. The maximum atomic E-state index is 13.2. The first-order chi connectivity index (χ1) is 12.0. The molecule has 1 aromatic carbocycles. The highest BCUT2D eigenvalue weighted by atomic mass is 35.5. The third-order valence-electron chi connectivity index (χ3n) is 4.81. The first-order valence-electron chi connectivity index (χ1n) is 8.75. The fourth-order valence-electron chi connectivity index (χ4n) is 3.45. The second-order valence-electron chi connectivity index (χ2n) is 6.72. The van der Waals surface area contributed by atoms with Gasteiger partial charge >= 0.3 is 0 Å². The van der Waals surface area contributed by atoms with Crippen molar-refractivity contribution in [2.45, 2.75) is 31.4 Å². The van der Waals surface area contributed by atoms with Crippen LogP contribution in [0.3, 0.4) is 0 Å². The minimum absolute atomic E-state index is 0. The highest BCUT2D eigenvalue weighted by Gasteiger charge is 2.32. The van der Waals surface area contributed by atoms with Crippen LogP contribution < -0.4 is 5.32 Å². The molecule has 2 saturated heterocycles. The first kappa shape index (κ1) is 20.6. The minimum atomic E-state index is -0.467. The summed E-state index contributed by atoms with van der Waals surface area (Å²) in [6.45, 7) is 2.62. The molecule has 2 fully saturated rings. The van der Waals surface area contributed by atoms with Gasteiger partial charge in [0, 0.05) is 32.7 Å². The average Bonchev–Trinajstić information content (AvgIpc) is 2.87. The molecule has 3 rings (SSSR count). The van der Waals surface area contributed by atoms with E-state index >= 15 is 0 Å². The van der Waals surface area contributed by atoms with Crippen molar-refractivity contribution in [3.05, 3.63) is 35.6 Å². The van der Waals surface area contributed by atoms with Gasteiger partial charge in [-0.2, -0.15) is 0 Å². The Hall–Kier alpha value is -1.70. The minimum Gasteiger partial charge on any atom is -0.392 e. The largest absolute Gasteiger partial charge is 0.392 e. The fourth-order valence-corrected chi connectivity index (χ4v) is 3.45. The monoisotopic (exact) mass is 385 g/mol. The molecular weight excluding hydrogens is 361 g/mol. The molecule has 2 aliphatic heterocycles. The molecule has 26 heavy (non-hydrogen) atoms. The molecule has 2 heterocycles. The number of rotatable bonds is 3. The van der Waals surface area contributed by atoms with Crippen LogP contribution in [0.4, 0.5) is 4.39 Å². The second-order valence-corrected chi connectivity index (χ2v) is 6.72. The van der Waals surface area contributed by atoms with Crippen molar-refractivity contribution in [2.24, 2.45) is 0 Å². The molecule has 1 aromatic rings. The average molecular weight is 386 g/mol. The van der Waals surface area contributed by atoms with Gasteiger partial charge in [0.1, 0.15) is 5.82 Å². The number of carbonyl (C=O) groups excluding carboxylic acids is 2. The van der Waals surface area contributed by atoms with E-state index in [9.17, 15) is 19.1 Å². The molecule has 8 heteroatoms. The summed E-state index contributed by atoms with van der Waals surface area (Å²) in [6.07, 6.45) is 0.862. The Bertz CT molecular complexity index is 646. The van der Waals surface area contributed by atoms with Crippen LogP contribution in [0.25, 0.3) is 0 Å². The Kier molecular flexibility index (Phi) is 7.37. The summed E-state index contributed by atoms with van der Waals surface area (Å²) in [7, 11) is 0. The number of aliphatic hydroxyl groups excluding tert-OH is 1. The van der Waals surface area contributed by atoms with Gasteiger partial charge in [0.2, 0.25) is 11.8 Å². The van der Waals surface area contributed by atoms with Gasteiger partial charge in [-0.05, 0) is 30.5 Å². The van der Waals surface area contributed by atoms with E-state index in [1.807, 2.05) is 0 Å². The highest BCUT2D eigenvalue weighted by Crippen LogP contribution is 2.13. The Labute approximate surface area is 158 Å². The van der Waals surface area contributed by atoms with E-state index in [-0.39, 0.29) is 42.5 Å². The summed E-state index contributed by atoms with van der Waals surface area (Å²) in [5.74, 6) is -0.394. The first-order valence-corrected chi connectivity index (χ1v) is 8.75. The highest BCUT2D eigenvalue weighted by molar-refractivity contribution is 5.85. The number of aliphatic hydroxyl groups is 1. The van der Waals surface area contributed by atoms with Gasteiger partial charge in [0.15, 0.2) is 0 Å². The normalized spacial score (nSPS) is 23.3. The molecule has 144 valence electrons. The predicted octanol–water partition coefficient (Wildman–Crippen LogP) is 0.574. The van der Waals surface area contributed by atoms with Crippen LogP contribution in [0.1, 0.15) is 18.4 Å².